The second-order valence-corrected chi connectivity index (χ2v) is 2.20. The molecule has 0 fully saturated rings. The smallest absolute Gasteiger partial charge is 0.149 e. The van der Waals surface area contributed by atoms with Crippen molar-refractivity contribution in [1.82, 2.24) is 0 Å². The van der Waals surface area contributed by atoms with Gasteiger partial charge in [0.15, 0.2) is 0 Å². The molecule has 0 heterocycles. The SMILES string of the molecule is Cl.Nc1ccc(OC=CO)c(N)c1. The minimum Gasteiger partial charge on any atom is -0.512 e. The Morgan fingerprint density at radius 3 is 2.54 bits per heavy atom. The fraction of sp³-hybridized carbons (Fsp3) is 0. The lowest BCUT2D eigenvalue weighted by Gasteiger charge is -2.03. The molecule has 5 heteroatoms. The molecule has 0 aromatic heterocycles. The summed E-state index contributed by atoms with van der Waals surface area (Å²) in [6.45, 7) is 0. The van der Waals surface area contributed by atoms with Crippen LogP contribution in [0.15, 0.2) is 30.7 Å². The summed E-state index contributed by atoms with van der Waals surface area (Å²) in [6, 6.07) is 4.88. The van der Waals surface area contributed by atoms with Gasteiger partial charge in [0, 0.05) is 5.69 Å². The third-order valence-corrected chi connectivity index (χ3v) is 1.29. The minimum absolute atomic E-state index is 0. The molecular weight excluding hydrogens is 192 g/mol. The molecule has 5 N–H and O–H groups in total. The largest absolute Gasteiger partial charge is 0.512 e. The first kappa shape index (κ1) is 11.4. The van der Waals surface area contributed by atoms with Crippen molar-refractivity contribution in [3.05, 3.63) is 30.7 Å². The number of aliphatic hydroxyl groups excluding tert-OH is 1. The van der Waals surface area contributed by atoms with E-state index >= 15 is 0 Å². The van der Waals surface area contributed by atoms with Crippen LogP contribution in [0.2, 0.25) is 0 Å². The van der Waals surface area contributed by atoms with E-state index in [0.717, 1.165) is 12.5 Å². The zero-order valence-corrected chi connectivity index (χ0v) is 7.62. The van der Waals surface area contributed by atoms with E-state index in [0.29, 0.717) is 17.1 Å². The second-order valence-electron chi connectivity index (χ2n) is 2.20. The summed E-state index contributed by atoms with van der Waals surface area (Å²) in [5, 5.41) is 8.30. The molecule has 0 aliphatic carbocycles. The van der Waals surface area contributed by atoms with Gasteiger partial charge in [-0.1, -0.05) is 0 Å². The summed E-state index contributed by atoms with van der Waals surface area (Å²) >= 11 is 0. The van der Waals surface area contributed by atoms with Crippen LogP contribution in [0.1, 0.15) is 0 Å². The van der Waals surface area contributed by atoms with Gasteiger partial charge in [-0.05, 0) is 18.2 Å². The van der Waals surface area contributed by atoms with Crippen molar-refractivity contribution in [3.63, 3.8) is 0 Å². The van der Waals surface area contributed by atoms with Crippen LogP contribution in [-0.4, -0.2) is 5.11 Å². The number of benzene rings is 1. The van der Waals surface area contributed by atoms with Gasteiger partial charge in [0.2, 0.25) is 0 Å². The van der Waals surface area contributed by atoms with Crippen LogP contribution in [0, 0.1) is 0 Å². The Labute approximate surface area is 82.2 Å². The summed E-state index contributed by atoms with van der Waals surface area (Å²) in [6.07, 6.45) is 1.91. The first-order chi connectivity index (χ1) is 5.74. The predicted molar refractivity (Wildman–Crippen MR) is 54.9 cm³/mol. The van der Waals surface area contributed by atoms with Crippen molar-refractivity contribution >= 4 is 23.8 Å². The van der Waals surface area contributed by atoms with Gasteiger partial charge in [-0.3, -0.25) is 0 Å². The summed E-state index contributed by atoms with van der Waals surface area (Å²) in [5.74, 6) is 0.467. The number of anilines is 2. The number of nitrogen functional groups attached to an aromatic ring is 2. The Kier molecular flexibility index (Phi) is 4.54. The maximum Gasteiger partial charge on any atom is 0.149 e. The van der Waals surface area contributed by atoms with E-state index in [1.54, 1.807) is 18.2 Å². The Hall–Kier alpha value is -1.55. The predicted octanol–water partition coefficient (Wildman–Crippen LogP) is 1.68. The van der Waals surface area contributed by atoms with E-state index in [-0.39, 0.29) is 12.4 Å². The molecule has 13 heavy (non-hydrogen) atoms. The topological polar surface area (TPSA) is 81.5 Å². The van der Waals surface area contributed by atoms with E-state index in [1.807, 2.05) is 0 Å². The molecule has 72 valence electrons. The quantitative estimate of drug-likeness (QED) is 0.504. The monoisotopic (exact) mass is 202 g/mol. The summed E-state index contributed by atoms with van der Waals surface area (Å²) in [7, 11) is 0. The van der Waals surface area contributed by atoms with Gasteiger partial charge in [0.25, 0.3) is 0 Å². The van der Waals surface area contributed by atoms with Crippen LogP contribution >= 0.6 is 12.4 Å². The van der Waals surface area contributed by atoms with Gasteiger partial charge in [-0.15, -0.1) is 12.4 Å². The maximum absolute atomic E-state index is 8.30. The molecule has 0 aliphatic heterocycles. The second kappa shape index (κ2) is 5.16. The Bertz CT molecular complexity index is 302. The molecule has 0 bridgehead atoms. The van der Waals surface area contributed by atoms with E-state index in [1.165, 1.54) is 0 Å². The Balaban J connectivity index is 0.00000144. The van der Waals surface area contributed by atoms with Crippen LogP contribution in [-0.2, 0) is 0 Å². The highest BCUT2D eigenvalue weighted by atomic mass is 35.5. The molecule has 0 saturated carbocycles. The highest BCUT2D eigenvalue weighted by Gasteiger charge is 1.97. The average molecular weight is 203 g/mol. The van der Waals surface area contributed by atoms with Crippen LogP contribution in [0.5, 0.6) is 5.75 Å². The van der Waals surface area contributed by atoms with Gasteiger partial charge < -0.3 is 21.3 Å². The molecule has 1 aromatic rings. The molecule has 4 nitrogen and oxygen atoms in total. The van der Waals surface area contributed by atoms with Gasteiger partial charge in [-0.25, -0.2) is 0 Å². The van der Waals surface area contributed by atoms with Crippen LogP contribution in [0.25, 0.3) is 0 Å². The summed E-state index contributed by atoms with van der Waals surface area (Å²) in [5.41, 5.74) is 12.0. The lowest BCUT2D eigenvalue weighted by atomic mass is 10.2. The third kappa shape index (κ3) is 3.13. The number of nitrogens with two attached hydrogens (primary N) is 2. The van der Waals surface area contributed by atoms with Gasteiger partial charge in [-0.2, -0.15) is 0 Å². The van der Waals surface area contributed by atoms with Crippen LogP contribution in [0.4, 0.5) is 11.4 Å². The Morgan fingerprint density at radius 1 is 1.31 bits per heavy atom. The van der Waals surface area contributed by atoms with E-state index in [2.05, 4.69) is 0 Å². The van der Waals surface area contributed by atoms with Crippen molar-refractivity contribution < 1.29 is 9.84 Å². The number of aliphatic hydroxyl groups is 1. The van der Waals surface area contributed by atoms with Crippen molar-refractivity contribution in [3.8, 4) is 5.75 Å². The van der Waals surface area contributed by atoms with Crippen molar-refractivity contribution in [2.45, 2.75) is 0 Å². The van der Waals surface area contributed by atoms with Crippen molar-refractivity contribution in [2.75, 3.05) is 11.5 Å². The van der Waals surface area contributed by atoms with E-state index < -0.39 is 0 Å². The van der Waals surface area contributed by atoms with Crippen molar-refractivity contribution in [1.29, 1.82) is 0 Å². The number of halogens is 1. The van der Waals surface area contributed by atoms with Crippen LogP contribution in [0.3, 0.4) is 0 Å². The van der Waals surface area contributed by atoms with Crippen LogP contribution < -0.4 is 16.2 Å². The average Bonchev–Trinajstić information content (AvgIpc) is 2.03. The summed E-state index contributed by atoms with van der Waals surface area (Å²) < 4.78 is 4.93. The third-order valence-electron chi connectivity index (χ3n) is 1.29. The molecule has 0 radical (unpaired) electrons. The standard InChI is InChI=1S/C8H10N2O2.ClH/c9-6-1-2-8(7(10)5-6)12-4-3-11;/h1-5,11H,9-10H2;1H. The zero-order chi connectivity index (χ0) is 8.97. The fourth-order valence-corrected chi connectivity index (χ4v) is 0.778. The molecular formula is C8H11ClN2O2. The number of hydrogen-bond donors (Lipinski definition) is 3. The molecule has 1 aromatic carbocycles. The normalized spacial score (nSPS) is 9.54. The highest BCUT2D eigenvalue weighted by molar-refractivity contribution is 5.85. The van der Waals surface area contributed by atoms with E-state index in [9.17, 15) is 0 Å². The highest BCUT2D eigenvalue weighted by Crippen LogP contribution is 2.23. The lowest BCUT2D eigenvalue weighted by molar-refractivity contribution is 0.415. The Morgan fingerprint density at radius 2 is 2.00 bits per heavy atom. The summed E-state index contributed by atoms with van der Waals surface area (Å²) in [4.78, 5) is 0. The maximum atomic E-state index is 8.30. The molecule has 0 atom stereocenters. The fourth-order valence-electron chi connectivity index (χ4n) is 0.778. The molecule has 0 aliphatic rings. The molecule has 0 saturated heterocycles. The van der Waals surface area contributed by atoms with Gasteiger partial charge >= 0.3 is 0 Å². The van der Waals surface area contributed by atoms with E-state index in [4.69, 9.17) is 21.3 Å². The molecule has 1 rings (SSSR count). The molecule has 0 amide bonds. The number of hydrogen-bond acceptors (Lipinski definition) is 4. The number of rotatable bonds is 2. The molecule has 0 spiro atoms. The minimum atomic E-state index is 0. The first-order valence-corrected chi connectivity index (χ1v) is 3.35. The lowest BCUT2D eigenvalue weighted by Crippen LogP contribution is -1.93. The zero-order valence-electron chi connectivity index (χ0n) is 6.81. The van der Waals surface area contributed by atoms with Gasteiger partial charge in [0.05, 0.1) is 5.69 Å². The number of ether oxygens (including phenoxy) is 1. The van der Waals surface area contributed by atoms with Crippen molar-refractivity contribution in [2.24, 2.45) is 0 Å². The first-order valence-electron chi connectivity index (χ1n) is 3.35. The molecule has 0 unspecified atom stereocenters. The van der Waals surface area contributed by atoms with Gasteiger partial charge in [0.1, 0.15) is 18.3 Å².